The van der Waals surface area contributed by atoms with Gasteiger partial charge in [0.05, 0.1) is 12.8 Å². The Morgan fingerprint density at radius 1 is 1.48 bits per heavy atom. The maximum atomic E-state index is 13.3. The molecule has 0 spiro atoms. The maximum Gasteiger partial charge on any atom is 0.301 e. The van der Waals surface area contributed by atoms with E-state index >= 15 is 0 Å². The molecule has 1 atom stereocenters. The summed E-state index contributed by atoms with van der Waals surface area (Å²) in [5, 5.41) is 0. The second kappa shape index (κ2) is 6.59. The van der Waals surface area contributed by atoms with Crippen LogP contribution in [0.1, 0.15) is 19.3 Å². The molecule has 2 rings (SSSR count). The average molecular weight is 317 g/mol. The van der Waals surface area contributed by atoms with Crippen LogP contribution in [0.15, 0.2) is 18.2 Å². The number of piperidine rings is 1. The van der Waals surface area contributed by atoms with E-state index in [-0.39, 0.29) is 24.0 Å². The number of rotatable bonds is 5. The minimum Gasteiger partial charge on any atom is -0.494 e. The van der Waals surface area contributed by atoms with Crippen LogP contribution >= 0.6 is 0 Å². The van der Waals surface area contributed by atoms with Crippen LogP contribution in [-0.4, -0.2) is 39.0 Å². The molecule has 1 unspecified atom stereocenters. The highest BCUT2D eigenvalue weighted by Gasteiger charge is 2.31. The first-order valence-electron chi connectivity index (χ1n) is 6.81. The fourth-order valence-corrected chi connectivity index (χ4v) is 3.95. The summed E-state index contributed by atoms with van der Waals surface area (Å²) in [6, 6.07) is 3.64. The van der Waals surface area contributed by atoms with Gasteiger partial charge >= 0.3 is 10.2 Å². The second-order valence-corrected chi connectivity index (χ2v) is 6.58. The summed E-state index contributed by atoms with van der Waals surface area (Å²) in [7, 11) is -2.38. The minimum absolute atomic E-state index is 0.00998. The van der Waals surface area contributed by atoms with Gasteiger partial charge in [-0.1, -0.05) is 6.42 Å². The molecule has 6 nitrogen and oxygen atoms in total. The molecule has 0 aliphatic carbocycles. The molecule has 118 valence electrons. The lowest BCUT2D eigenvalue weighted by Gasteiger charge is -2.33. The van der Waals surface area contributed by atoms with Gasteiger partial charge in [-0.15, -0.1) is 0 Å². The lowest BCUT2D eigenvalue weighted by molar-refractivity contribution is 0.259. The molecule has 0 radical (unpaired) electrons. The van der Waals surface area contributed by atoms with Gasteiger partial charge in [0.25, 0.3) is 0 Å². The van der Waals surface area contributed by atoms with Gasteiger partial charge in [0.2, 0.25) is 0 Å². The van der Waals surface area contributed by atoms with Crippen LogP contribution in [0.25, 0.3) is 0 Å². The number of hydrogen-bond acceptors (Lipinski definition) is 4. The van der Waals surface area contributed by atoms with E-state index in [1.54, 1.807) is 0 Å². The van der Waals surface area contributed by atoms with E-state index in [2.05, 4.69) is 4.72 Å². The van der Waals surface area contributed by atoms with Crippen molar-refractivity contribution in [3.8, 4) is 5.75 Å². The fraction of sp³-hybridized carbons (Fsp3) is 0.538. The first-order chi connectivity index (χ1) is 9.97. The van der Waals surface area contributed by atoms with Crippen molar-refractivity contribution < 1.29 is 17.5 Å². The fourth-order valence-electron chi connectivity index (χ4n) is 2.46. The number of methoxy groups -OCH3 is 1. The summed E-state index contributed by atoms with van der Waals surface area (Å²) in [6.07, 6.45) is 2.53. The number of nitrogens with two attached hydrogens (primary N) is 1. The highest BCUT2D eigenvalue weighted by molar-refractivity contribution is 7.90. The van der Waals surface area contributed by atoms with Gasteiger partial charge < -0.3 is 10.5 Å². The van der Waals surface area contributed by atoms with Crippen LogP contribution in [0, 0.1) is 5.82 Å². The Balaban J connectivity index is 2.20. The van der Waals surface area contributed by atoms with Crippen LogP contribution in [0.2, 0.25) is 0 Å². The van der Waals surface area contributed by atoms with Crippen LogP contribution in [-0.2, 0) is 10.2 Å². The number of halogens is 1. The molecular weight excluding hydrogens is 297 g/mol. The summed E-state index contributed by atoms with van der Waals surface area (Å²) in [6.45, 7) is 0.725. The van der Waals surface area contributed by atoms with Gasteiger partial charge in [-0.2, -0.15) is 12.7 Å². The van der Waals surface area contributed by atoms with Crippen molar-refractivity contribution in [1.29, 1.82) is 0 Å². The first kappa shape index (κ1) is 16.0. The third kappa shape index (κ3) is 3.63. The van der Waals surface area contributed by atoms with Gasteiger partial charge in [0.15, 0.2) is 11.6 Å². The standard InChI is InChI=1S/C13H20FN3O3S/c1-20-13-8-10(5-6-12(13)14)16-21(18,19)17-7-3-2-4-11(17)9-15/h5-6,8,11,16H,2-4,7,9,15H2,1H3. The molecule has 1 fully saturated rings. The van der Waals surface area contributed by atoms with Crippen LogP contribution in [0.5, 0.6) is 5.75 Å². The molecule has 1 heterocycles. The Morgan fingerprint density at radius 3 is 2.90 bits per heavy atom. The number of nitrogens with one attached hydrogen (secondary N) is 1. The lowest BCUT2D eigenvalue weighted by Crippen LogP contribution is -2.49. The Kier molecular flexibility index (Phi) is 5.02. The molecule has 0 bridgehead atoms. The number of nitrogens with zero attached hydrogens (tertiary/aromatic N) is 1. The van der Waals surface area contributed by atoms with E-state index in [1.165, 1.54) is 23.5 Å². The smallest absolute Gasteiger partial charge is 0.301 e. The monoisotopic (exact) mass is 317 g/mol. The minimum atomic E-state index is -3.71. The summed E-state index contributed by atoms with van der Waals surface area (Å²) >= 11 is 0. The molecule has 0 saturated carbocycles. The largest absolute Gasteiger partial charge is 0.494 e. The van der Waals surface area contributed by atoms with Gasteiger partial charge in [-0.3, -0.25) is 4.72 Å². The van der Waals surface area contributed by atoms with Crippen LogP contribution < -0.4 is 15.2 Å². The van der Waals surface area contributed by atoms with Crippen molar-refractivity contribution >= 4 is 15.9 Å². The van der Waals surface area contributed by atoms with Crippen molar-refractivity contribution in [3.63, 3.8) is 0 Å². The molecule has 3 N–H and O–H groups in total. The summed E-state index contributed by atoms with van der Waals surface area (Å²) in [4.78, 5) is 0. The Labute approximate surface area is 124 Å². The second-order valence-electron chi connectivity index (χ2n) is 4.95. The Hall–Kier alpha value is -1.38. The van der Waals surface area contributed by atoms with Crippen molar-refractivity contribution in [2.24, 2.45) is 5.73 Å². The molecule has 1 aliphatic heterocycles. The van der Waals surface area contributed by atoms with E-state index in [9.17, 15) is 12.8 Å². The third-order valence-electron chi connectivity index (χ3n) is 3.55. The predicted octanol–water partition coefficient (Wildman–Crippen LogP) is 1.30. The van der Waals surface area contributed by atoms with Crippen molar-refractivity contribution in [1.82, 2.24) is 4.31 Å². The third-order valence-corrected chi connectivity index (χ3v) is 5.14. The molecule has 21 heavy (non-hydrogen) atoms. The van der Waals surface area contributed by atoms with Crippen molar-refractivity contribution in [2.75, 3.05) is 24.9 Å². The van der Waals surface area contributed by atoms with Gasteiger partial charge in [-0.25, -0.2) is 4.39 Å². The normalized spacial score (nSPS) is 20.2. The summed E-state index contributed by atoms with van der Waals surface area (Å²) in [5.41, 5.74) is 5.90. The zero-order valence-electron chi connectivity index (χ0n) is 11.9. The quantitative estimate of drug-likeness (QED) is 0.857. The zero-order valence-corrected chi connectivity index (χ0v) is 12.7. The average Bonchev–Trinajstić information content (AvgIpc) is 2.49. The van der Waals surface area contributed by atoms with E-state index in [1.807, 2.05) is 0 Å². The molecule has 0 amide bonds. The molecule has 1 aromatic rings. The topological polar surface area (TPSA) is 84.7 Å². The van der Waals surface area contributed by atoms with E-state index in [4.69, 9.17) is 10.5 Å². The number of anilines is 1. The first-order valence-corrected chi connectivity index (χ1v) is 8.25. The van der Waals surface area contributed by atoms with Crippen molar-refractivity contribution in [2.45, 2.75) is 25.3 Å². The van der Waals surface area contributed by atoms with Crippen LogP contribution in [0.4, 0.5) is 10.1 Å². The molecule has 1 aliphatic rings. The van der Waals surface area contributed by atoms with E-state index in [0.29, 0.717) is 6.54 Å². The Morgan fingerprint density at radius 2 is 2.24 bits per heavy atom. The maximum absolute atomic E-state index is 13.3. The van der Waals surface area contributed by atoms with Gasteiger partial charge in [-0.05, 0) is 25.0 Å². The van der Waals surface area contributed by atoms with Crippen LogP contribution in [0.3, 0.4) is 0 Å². The van der Waals surface area contributed by atoms with E-state index < -0.39 is 16.0 Å². The lowest BCUT2D eigenvalue weighted by atomic mass is 10.1. The number of ether oxygens (including phenoxy) is 1. The highest BCUT2D eigenvalue weighted by atomic mass is 32.2. The zero-order chi connectivity index (χ0) is 15.5. The molecule has 1 saturated heterocycles. The van der Waals surface area contributed by atoms with Gasteiger partial charge in [0.1, 0.15) is 0 Å². The van der Waals surface area contributed by atoms with E-state index in [0.717, 1.165) is 25.3 Å². The molecule has 8 heteroatoms. The molecular formula is C13H20FN3O3S. The molecule has 0 aromatic heterocycles. The number of benzene rings is 1. The highest BCUT2D eigenvalue weighted by Crippen LogP contribution is 2.25. The molecule has 1 aromatic carbocycles. The van der Waals surface area contributed by atoms with Crippen molar-refractivity contribution in [3.05, 3.63) is 24.0 Å². The summed E-state index contributed by atoms with van der Waals surface area (Å²) in [5.74, 6) is -0.553. The van der Waals surface area contributed by atoms with Gasteiger partial charge in [0, 0.05) is 25.2 Å². The Bertz CT molecular complexity index is 594. The summed E-state index contributed by atoms with van der Waals surface area (Å²) < 4.78 is 46.9. The number of hydrogen-bond donors (Lipinski definition) is 2. The SMILES string of the molecule is COc1cc(NS(=O)(=O)N2CCCCC2CN)ccc1F. The predicted molar refractivity (Wildman–Crippen MR) is 78.9 cm³/mol.